The number of benzene rings is 4. The van der Waals surface area contributed by atoms with Crippen LogP contribution < -0.4 is 5.49 Å². The van der Waals surface area contributed by atoms with Crippen molar-refractivity contribution in [3.8, 4) is 22.4 Å². The molecule has 4 heteroatoms. The Morgan fingerprint density at radius 3 is 1.67 bits per heavy atom. The van der Waals surface area contributed by atoms with Crippen LogP contribution in [-0.2, 0) is 13.1 Å². The van der Waals surface area contributed by atoms with E-state index >= 15 is 0 Å². The number of nitrogens with zero attached hydrogens (tertiary/aromatic N) is 3. The highest BCUT2D eigenvalue weighted by Gasteiger charge is 2.23. The second-order valence-electron chi connectivity index (χ2n) is 8.93. The third kappa shape index (κ3) is 4.03. The molecule has 0 aliphatic carbocycles. The average Bonchev–Trinajstić information content (AvgIpc) is 3.27. The summed E-state index contributed by atoms with van der Waals surface area (Å²) in [6.07, 6.45) is 1.81. The molecule has 4 nitrogen and oxygen atoms in total. The molecule has 6 rings (SSSR count). The van der Waals surface area contributed by atoms with Gasteiger partial charge in [-0.05, 0) is 22.3 Å². The average molecular weight is 467 g/mol. The Balaban J connectivity index is 1.67. The summed E-state index contributed by atoms with van der Waals surface area (Å²) < 4.78 is 4.21. The van der Waals surface area contributed by atoms with Crippen LogP contribution in [0.1, 0.15) is 11.1 Å². The van der Waals surface area contributed by atoms with Gasteiger partial charge < -0.3 is 9.13 Å². The van der Waals surface area contributed by atoms with Gasteiger partial charge in [0.2, 0.25) is 0 Å². The molecule has 4 aromatic carbocycles. The van der Waals surface area contributed by atoms with E-state index in [2.05, 4.69) is 89.5 Å². The van der Waals surface area contributed by atoms with Crippen molar-refractivity contribution in [2.75, 3.05) is 0 Å². The van der Waals surface area contributed by atoms with Gasteiger partial charge in [0.1, 0.15) is 11.1 Å². The van der Waals surface area contributed by atoms with Crippen LogP contribution in [0.2, 0.25) is 0 Å². The SMILES string of the molecule is N=c1c2c(-c3ccccc3)c(-c3ccccc3)n(Cc3ccccc3)c2ncn1Cc1ccccc1. The van der Waals surface area contributed by atoms with Gasteiger partial charge in [-0.3, -0.25) is 5.41 Å². The van der Waals surface area contributed by atoms with Crippen LogP contribution in [-0.4, -0.2) is 14.1 Å². The molecule has 0 unspecified atom stereocenters. The van der Waals surface area contributed by atoms with E-state index in [0.717, 1.165) is 39.0 Å². The van der Waals surface area contributed by atoms with Crippen LogP contribution in [0.25, 0.3) is 33.4 Å². The minimum Gasteiger partial charge on any atom is -0.320 e. The summed E-state index contributed by atoms with van der Waals surface area (Å²) in [7, 11) is 0. The molecule has 0 bridgehead atoms. The number of nitrogens with one attached hydrogen (secondary N) is 1. The van der Waals surface area contributed by atoms with Crippen LogP contribution in [0.5, 0.6) is 0 Å². The fourth-order valence-electron chi connectivity index (χ4n) is 4.89. The highest BCUT2D eigenvalue weighted by atomic mass is 15.1. The summed E-state index contributed by atoms with van der Waals surface area (Å²) >= 11 is 0. The molecule has 0 amide bonds. The number of hydrogen-bond acceptors (Lipinski definition) is 2. The summed E-state index contributed by atoms with van der Waals surface area (Å²) in [6.45, 7) is 1.27. The molecule has 2 aromatic heterocycles. The lowest BCUT2D eigenvalue weighted by Gasteiger charge is -2.13. The van der Waals surface area contributed by atoms with E-state index in [0.29, 0.717) is 18.6 Å². The van der Waals surface area contributed by atoms with E-state index in [-0.39, 0.29) is 0 Å². The Morgan fingerprint density at radius 1 is 0.583 bits per heavy atom. The molecule has 1 N–H and O–H groups in total. The van der Waals surface area contributed by atoms with Gasteiger partial charge in [0.05, 0.1) is 24.0 Å². The molecule has 0 spiro atoms. The predicted molar refractivity (Wildman–Crippen MR) is 146 cm³/mol. The Kier molecular flexibility index (Phi) is 5.76. The zero-order valence-corrected chi connectivity index (χ0v) is 19.9. The lowest BCUT2D eigenvalue weighted by Crippen LogP contribution is -2.21. The van der Waals surface area contributed by atoms with Gasteiger partial charge in [-0.25, -0.2) is 4.98 Å². The van der Waals surface area contributed by atoms with Crippen molar-refractivity contribution in [2.45, 2.75) is 13.1 Å². The summed E-state index contributed by atoms with van der Waals surface area (Å²) in [4.78, 5) is 4.97. The molecule has 174 valence electrons. The molecule has 0 saturated carbocycles. The Morgan fingerprint density at radius 2 is 1.08 bits per heavy atom. The Bertz CT molecular complexity index is 1670. The van der Waals surface area contributed by atoms with Gasteiger partial charge >= 0.3 is 0 Å². The fourth-order valence-corrected chi connectivity index (χ4v) is 4.89. The molecule has 2 heterocycles. The number of hydrogen-bond donors (Lipinski definition) is 1. The minimum atomic E-state index is 0.465. The van der Waals surface area contributed by atoms with Crippen molar-refractivity contribution in [1.82, 2.24) is 14.1 Å². The highest BCUT2D eigenvalue weighted by Crippen LogP contribution is 2.39. The van der Waals surface area contributed by atoms with Gasteiger partial charge in [-0.1, -0.05) is 121 Å². The van der Waals surface area contributed by atoms with E-state index < -0.39 is 0 Å². The maximum absolute atomic E-state index is 9.34. The van der Waals surface area contributed by atoms with Gasteiger partial charge in [0.15, 0.2) is 0 Å². The van der Waals surface area contributed by atoms with E-state index in [1.807, 2.05) is 47.3 Å². The molecular formula is C32H26N4. The molecular weight excluding hydrogens is 440 g/mol. The molecule has 0 saturated heterocycles. The van der Waals surface area contributed by atoms with Crippen LogP contribution in [0.3, 0.4) is 0 Å². The van der Waals surface area contributed by atoms with Crippen molar-refractivity contribution in [3.05, 3.63) is 144 Å². The lowest BCUT2D eigenvalue weighted by atomic mass is 9.99. The Labute approximate surface area is 210 Å². The first-order valence-corrected chi connectivity index (χ1v) is 12.1. The number of rotatable bonds is 6. The highest BCUT2D eigenvalue weighted by molar-refractivity contribution is 6.02. The van der Waals surface area contributed by atoms with Crippen molar-refractivity contribution < 1.29 is 0 Å². The maximum atomic E-state index is 9.34. The molecule has 0 atom stereocenters. The third-order valence-electron chi connectivity index (χ3n) is 6.57. The van der Waals surface area contributed by atoms with E-state index in [1.54, 1.807) is 0 Å². The first-order chi connectivity index (χ1) is 17.8. The standard InChI is InChI=1S/C32H26N4/c33-31-29-28(26-17-9-3-10-18-26)30(27-19-11-4-12-20-27)36(22-25-15-7-2-8-16-25)32(29)34-23-35(31)21-24-13-5-1-6-14-24/h1-20,23,33H,21-22H2. The first kappa shape index (κ1) is 21.8. The molecule has 0 fully saturated rings. The van der Waals surface area contributed by atoms with E-state index in [1.165, 1.54) is 5.56 Å². The summed E-state index contributed by atoms with van der Waals surface area (Å²) in [5.74, 6) is 0. The van der Waals surface area contributed by atoms with Crippen molar-refractivity contribution in [3.63, 3.8) is 0 Å². The van der Waals surface area contributed by atoms with Gasteiger partial charge in [-0.15, -0.1) is 0 Å². The largest absolute Gasteiger partial charge is 0.320 e. The van der Waals surface area contributed by atoms with Crippen LogP contribution in [0.15, 0.2) is 128 Å². The first-order valence-electron chi connectivity index (χ1n) is 12.1. The second kappa shape index (κ2) is 9.51. The fraction of sp³-hybridized carbons (Fsp3) is 0.0625. The van der Waals surface area contributed by atoms with Crippen LogP contribution in [0, 0.1) is 5.41 Å². The number of aromatic nitrogens is 3. The van der Waals surface area contributed by atoms with Crippen LogP contribution in [0.4, 0.5) is 0 Å². The van der Waals surface area contributed by atoms with Crippen molar-refractivity contribution in [1.29, 1.82) is 5.41 Å². The lowest BCUT2D eigenvalue weighted by molar-refractivity contribution is 0.717. The molecule has 0 aliphatic rings. The Hall–Kier alpha value is -4.70. The normalized spacial score (nSPS) is 11.1. The van der Waals surface area contributed by atoms with Gasteiger partial charge in [-0.2, -0.15) is 0 Å². The predicted octanol–water partition coefficient (Wildman–Crippen LogP) is 6.75. The van der Waals surface area contributed by atoms with E-state index in [9.17, 15) is 5.41 Å². The van der Waals surface area contributed by atoms with Gasteiger partial charge in [0, 0.05) is 12.1 Å². The quantitative estimate of drug-likeness (QED) is 0.290. The van der Waals surface area contributed by atoms with Crippen molar-refractivity contribution in [2.24, 2.45) is 0 Å². The monoisotopic (exact) mass is 466 g/mol. The van der Waals surface area contributed by atoms with Gasteiger partial charge in [0.25, 0.3) is 0 Å². The summed E-state index contributed by atoms with van der Waals surface area (Å²) in [5, 5.41) is 10.2. The van der Waals surface area contributed by atoms with Crippen molar-refractivity contribution >= 4 is 11.0 Å². The summed E-state index contributed by atoms with van der Waals surface area (Å²) in [5.41, 5.74) is 7.95. The number of fused-ring (bicyclic) bond motifs is 1. The van der Waals surface area contributed by atoms with Crippen LogP contribution >= 0.6 is 0 Å². The second-order valence-corrected chi connectivity index (χ2v) is 8.93. The zero-order valence-electron chi connectivity index (χ0n) is 19.9. The molecule has 36 heavy (non-hydrogen) atoms. The van der Waals surface area contributed by atoms with E-state index in [4.69, 9.17) is 4.98 Å². The zero-order chi connectivity index (χ0) is 24.3. The topological polar surface area (TPSA) is 46.6 Å². The smallest absolute Gasteiger partial charge is 0.146 e. The molecule has 6 aromatic rings. The molecule has 0 aliphatic heterocycles. The molecule has 0 radical (unpaired) electrons. The maximum Gasteiger partial charge on any atom is 0.146 e. The minimum absolute atomic E-state index is 0.465. The third-order valence-corrected chi connectivity index (χ3v) is 6.57. The summed E-state index contributed by atoms with van der Waals surface area (Å²) in [6, 6.07) is 41.6.